The molecule has 0 aliphatic rings. The molecule has 0 heterocycles. The first-order chi connectivity index (χ1) is 38.5. The van der Waals surface area contributed by atoms with E-state index in [1.165, 1.54) is 199 Å². The van der Waals surface area contributed by atoms with Crippen LogP contribution in [0.5, 0.6) is 0 Å². The Morgan fingerprint density at radius 3 is 0.782 bits per heavy atom. The van der Waals surface area contributed by atoms with E-state index in [0.717, 1.165) is 109 Å². The van der Waals surface area contributed by atoms with Crippen LogP contribution in [0.1, 0.15) is 348 Å². The molecule has 0 bridgehead atoms. The summed E-state index contributed by atoms with van der Waals surface area (Å²) in [5, 5.41) is 0. The van der Waals surface area contributed by atoms with Crippen LogP contribution in [0.2, 0.25) is 0 Å². The minimum absolute atomic E-state index is 0.0829. The van der Waals surface area contributed by atoms with Crippen LogP contribution in [0, 0.1) is 0 Å². The fourth-order valence-corrected chi connectivity index (χ4v) is 9.92. The Bertz CT molecular complexity index is 1440. The molecule has 0 aromatic heterocycles. The van der Waals surface area contributed by atoms with Crippen molar-refractivity contribution < 1.29 is 28.6 Å². The summed E-state index contributed by atoms with van der Waals surface area (Å²) in [6, 6.07) is 0. The third-order valence-corrected chi connectivity index (χ3v) is 15.0. The Kier molecular flexibility index (Phi) is 63.7. The van der Waals surface area contributed by atoms with Crippen molar-refractivity contribution in [2.24, 2.45) is 0 Å². The second-order valence-electron chi connectivity index (χ2n) is 22.7. The largest absolute Gasteiger partial charge is 0.462 e. The van der Waals surface area contributed by atoms with E-state index in [0.29, 0.717) is 19.3 Å². The van der Waals surface area contributed by atoms with Crippen LogP contribution in [0.3, 0.4) is 0 Å². The first-order valence-corrected chi connectivity index (χ1v) is 33.9. The molecule has 0 saturated heterocycles. The van der Waals surface area contributed by atoms with Crippen molar-refractivity contribution in [1.29, 1.82) is 0 Å². The standard InChI is InChI=1S/C72H128O6/c1-4-7-10-13-16-18-20-22-24-26-28-30-32-33-34-35-36-37-38-39-41-42-44-46-48-50-52-54-56-59-62-65-71(74)77-68-69(67-76-70(73)64-61-58-15-12-9-6-3)78-72(75)66-63-60-57-55-53-51-49-47-45-43-40-31-29-27-25-23-21-19-17-14-11-8-5-2/h8,11,17,19,23,25,29,31,43,45,49,51,69H,4-7,9-10,12-16,18,20-22,24,26-28,30,32-42,44,46-48,50,52-68H2,1-3H3/b11-8-,19-17-,25-23-,31-29-,45-43-,51-49-. The summed E-state index contributed by atoms with van der Waals surface area (Å²) in [7, 11) is 0. The number of carbonyl (C=O) groups excluding carboxylic acids is 3. The van der Waals surface area contributed by atoms with Gasteiger partial charge in [-0.3, -0.25) is 14.4 Å². The van der Waals surface area contributed by atoms with Crippen LogP contribution in [0.25, 0.3) is 0 Å². The molecule has 1 unspecified atom stereocenters. The van der Waals surface area contributed by atoms with Gasteiger partial charge in [-0.1, -0.05) is 331 Å². The Morgan fingerprint density at radius 1 is 0.269 bits per heavy atom. The molecule has 0 spiro atoms. The fourth-order valence-electron chi connectivity index (χ4n) is 9.92. The van der Waals surface area contributed by atoms with Crippen molar-refractivity contribution in [1.82, 2.24) is 0 Å². The van der Waals surface area contributed by atoms with E-state index in [9.17, 15) is 14.4 Å². The van der Waals surface area contributed by atoms with Gasteiger partial charge in [-0.15, -0.1) is 0 Å². The number of rotatable bonds is 62. The van der Waals surface area contributed by atoms with Gasteiger partial charge in [-0.05, 0) is 70.6 Å². The van der Waals surface area contributed by atoms with Crippen LogP contribution in [-0.4, -0.2) is 37.2 Å². The number of hydrogen-bond donors (Lipinski definition) is 0. The smallest absolute Gasteiger partial charge is 0.306 e. The molecular weight excluding hydrogens is 961 g/mol. The minimum atomic E-state index is -0.786. The summed E-state index contributed by atoms with van der Waals surface area (Å²) in [5.41, 5.74) is 0. The van der Waals surface area contributed by atoms with Crippen LogP contribution >= 0.6 is 0 Å². The van der Waals surface area contributed by atoms with Crippen LogP contribution in [-0.2, 0) is 28.6 Å². The third-order valence-electron chi connectivity index (χ3n) is 15.0. The fraction of sp³-hybridized carbons (Fsp3) is 0.792. The molecule has 78 heavy (non-hydrogen) atoms. The van der Waals surface area contributed by atoms with Gasteiger partial charge in [0.05, 0.1) is 0 Å². The molecular formula is C72H128O6. The van der Waals surface area contributed by atoms with Crippen molar-refractivity contribution in [3.63, 3.8) is 0 Å². The molecule has 0 rings (SSSR count). The van der Waals surface area contributed by atoms with Gasteiger partial charge in [0.2, 0.25) is 0 Å². The number of esters is 3. The topological polar surface area (TPSA) is 78.9 Å². The average molecular weight is 1090 g/mol. The Hall–Kier alpha value is -3.15. The molecule has 6 nitrogen and oxygen atoms in total. The highest BCUT2D eigenvalue weighted by molar-refractivity contribution is 5.71. The molecule has 0 aliphatic heterocycles. The first-order valence-electron chi connectivity index (χ1n) is 33.9. The van der Waals surface area contributed by atoms with Gasteiger partial charge in [0.15, 0.2) is 6.10 Å². The van der Waals surface area contributed by atoms with Gasteiger partial charge in [0.25, 0.3) is 0 Å². The molecule has 1 atom stereocenters. The minimum Gasteiger partial charge on any atom is -0.462 e. The normalized spacial score (nSPS) is 12.5. The molecule has 0 aromatic carbocycles. The van der Waals surface area contributed by atoms with Gasteiger partial charge in [-0.2, -0.15) is 0 Å². The monoisotopic (exact) mass is 1090 g/mol. The number of carbonyl (C=O) groups is 3. The van der Waals surface area contributed by atoms with Crippen LogP contribution in [0.15, 0.2) is 72.9 Å². The Labute approximate surface area is 484 Å². The second kappa shape index (κ2) is 66.4. The highest BCUT2D eigenvalue weighted by Crippen LogP contribution is 2.18. The van der Waals surface area contributed by atoms with Crippen molar-refractivity contribution in [2.75, 3.05) is 13.2 Å². The van der Waals surface area contributed by atoms with Crippen molar-refractivity contribution in [3.8, 4) is 0 Å². The van der Waals surface area contributed by atoms with E-state index >= 15 is 0 Å². The Morgan fingerprint density at radius 2 is 0.500 bits per heavy atom. The first kappa shape index (κ1) is 74.8. The lowest BCUT2D eigenvalue weighted by molar-refractivity contribution is -0.167. The summed E-state index contributed by atoms with van der Waals surface area (Å²) >= 11 is 0. The molecule has 0 saturated carbocycles. The molecule has 0 amide bonds. The second-order valence-corrected chi connectivity index (χ2v) is 22.7. The maximum atomic E-state index is 12.8. The molecule has 452 valence electrons. The van der Waals surface area contributed by atoms with E-state index < -0.39 is 6.10 Å². The lowest BCUT2D eigenvalue weighted by Gasteiger charge is -2.18. The molecule has 0 fully saturated rings. The SMILES string of the molecule is CC/C=C\C/C=C\C/C=C\C/C=C\C/C=C\C/C=C\CCCCCCC(=O)OC(COC(=O)CCCCCCCC)COC(=O)CCCCCCCCCCCCCCCCCCCCCCCCCCCCCCCCC. The number of hydrogen-bond acceptors (Lipinski definition) is 6. The molecule has 0 aliphatic carbocycles. The zero-order valence-corrected chi connectivity index (χ0v) is 51.9. The van der Waals surface area contributed by atoms with Gasteiger partial charge >= 0.3 is 17.9 Å². The molecule has 0 radical (unpaired) electrons. The van der Waals surface area contributed by atoms with Gasteiger partial charge < -0.3 is 14.2 Å². The number of ether oxygens (including phenoxy) is 3. The van der Waals surface area contributed by atoms with Crippen LogP contribution < -0.4 is 0 Å². The van der Waals surface area contributed by atoms with Gasteiger partial charge in [0.1, 0.15) is 13.2 Å². The highest BCUT2D eigenvalue weighted by Gasteiger charge is 2.19. The summed E-state index contributed by atoms with van der Waals surface area (Å²) in [6.07, 6.45) is 86.9. The van der Waals surface area contributed by atoms with Crippen molar-refractivity contribution >= 4 is 17.9 Å². The van der Waals surface area contributed by atoms with E-state index in [1.54, 1.807) is 0 Å². The summed E-state index contributed by atoms with van der Waals surface area (Å²) < 4.78 is 16.8. The maximum absolute atomic E-state index is 12.8. The quantitative estimate of drug-likeness (QED) is 0.0261. The predicted octanol–water partition coefficient (Wildman–Crippen LogP) is 23.3. The number of unbranched alkanes of at least 4 members (excludes halogenated alkanes) is 39. The Balaban J connectivity index is 4.03. The zero-order valence-electron chi connectivity index (χ0n) is 51.9. The predicted molar refractivity (Wildman–Crippen MR) is 339 cm³/mol. The van der Waals surface area contributed by atoms with Crippen molar-refractivity contribution in [2.45, 2.75) is 354 Å². The lowest BCUT2D eigenvalue weighted by Crippen LogP contribution is -2.30. The van der Waals surface area contributed by atoms with E-state index in [4.69, 9.17) is 14.2 Å². The highest BCUT2D eigenvalue weighted by atomic mass is 16.6. The summed E-state index contributed by atoms with van der Waals surface area (Å²) in [4.78, 5) is 38.0. The van der Waals surface area contributed by atoms with E-state index in [2.05, 4.69) is 93.7 Å². The maximum Gasteiger partial charge on any atom is 0.306 e. The summed E-state index contributed by atoms with van der Waals surface area (Å²) in [5.74, 6) is -0.904. The molecule has 0 aromatic rings. The van der Waals surface area contributed by atoms with E-state index in [1.807, 2.05) is 0 Å². The zero-order chi connectivity index (χ0) is 56.4. The summed E-state index contributed by atoms with van der Waals surface area (Å²) in [6.45, 7) is 6.49. The lowest BCUT2D eigenvalue weighted by atomic mass is 10.0. The molecule has 0 N–H and O–H groups in total. The third kappa shape index (κ3) is 63.7. The molecule has 6 heteroatoms. The van der Waals surface area contributed by atoms with Crippen molar-refractivity contribution in [3.05, 3.63) is 72.9 Å². The van der Waals surface area contributed by atoms with E-state index in [-0.39, 0.29) is 31.1 Å². The van der Waals surface area contributed by atoms with Gasteiger partial charge in [-0.25, -0.2) is 0 Å². The van der Waals surface area contributed by atoms with Crippen LogP contribution in [0.4, 0.5) is 0 Å². The van der Waals surface area contributed by atoms with Gasteiger partial charge in [0, 0.05) is 19.3 Å². The number of allylic oxidation sites excluding steroid dienone is 12. The average Bonchev–Trinajstić information content (AvgIpc) is 3.44.